The molecule has 2 unspecified atom stereocenters. The summed E-state index contributed by atoms with van der Waals surface area (Å²) in [7, 11) is 0. The molecule has 2 atom stereocenters. The summed E-state index contributed by atoms with van der Waals surface area (Å²) in [6.07, 6.45) is 1.98. The van der Waals surface area contributed by atoms with Crippen LogP contribution in [-0.2, 0) is 9.59 Å². The van der Waals surface area contributed by atoms with Gasteiger partial charge in [-0.25, -0.2) is 0 Å². The number of carbonyl (C=O) groups excluding carboxylic acids is 1. The van der Waals surface area contributed by atoms with E-state index in [1.807, 2.05) is 0 Å². The van der Waals surface area contributed by atoms with Crippen LogP contribution in [0.2, 0.25) is 0 Å². The number of carboxylic acid groups (broad SMARTS) is 1. The molecule has 2 heterocycles. The van der Waals surface area contributed by atoms with Crippen molar-refractivity contribution in [3.8, 4) is 0 Å². The van der Waals surface area contributed by atoms with Gasteiger partial charge in [0.15, 0.2) is 0 Å². The minimum atomic E-state index is -1.02. The molecule has 0 aliphatic carbocycles. The first-order valence-corrected chi connectivity index (χ1v) is 4.94. The van der Waals surface area contributed by atoms with Crippen LogP contribution in [-0.4, -0.2) is 47.6 Å². The minimum Gasteiger partial charge on any atom is -0.481 e. The molecule has 0 radical (unpaired) electrons. The van der Waals surface area contributed by atoms with Crippen molar-refractivity contribution in [2.24, 2.45) is 5.92 Å². The van der Waals surface area contributed by atoms with E-state index in [1.165, 1.54) is 0 Å². The molecule has 0 aromatic heterocycles. The highest BCUT2D eigenvalue weighted by Gasteiger charge is 2.38. The number of fused-ring (bicyclic) bond motifs is 1. The van der Waals surface area contributed by atoms with Gasteiger partial charge in [0.1, 0.15) is 5.92 Å². The summed E-state index contributed by atoms with van der Waals surface area (Å²) < 4.78 is 0. The molecule has 2 rings (SSSR count). The van der Waals surface area contributed by atoms with Crippen LogP contribution in [0, 0.1) is 5.92 Å². The van der Waals surface area contributed by atoms with Crippen LogP contribution < -0.4 is 5.32 Å². The van der Waals surface area contributed by atoms with Gasteiger partial charge >= 0.3 is 5.97 Å². The van der Waals surface area contributed by atoms with E-state index in [2.05, 4.69) is 5.32 Å². The van der Waals surface area contributed by atoms with Gasteiger partial charge in [-0.1, -0.05) is 0 Å². The molecule has 78 valence electrons. The molecule has 0 aromatic rings. The molecule has 14 heavy (non-hydrogen) atoms. The van der Waals surface area contributed by atoms with Crippen molar-refractivity contribution in [3.05, 3.63) is 0 Å². The maximum absolute atomic E-state index is 11.8. The fraction of sp³-hybridized carbons (Fsp3) is 0.778. The first-order valence-electron chi connectivity index (χ1n) is 4.94. The molecule has 1 amide bonds. The second-order valence-corrected chi connectivity index (χ2v) is 3.88. The predicted molar refractivity (Wildman–Crippen MR) is 48.7 cm³/mol. The summed E-state index contributed by atoms with van der Waals surface area (Å²) in [4.78, 5) is 24.3. The molecule has 0 bridgehead atoms. The van der Waals surface area contributed by atoms with Crippen LogP contribution in [0.15, 0.2) is 0 Å². The SMILES string of the molecule is O=C(O)C1CNCC2CCCN2C1=O. The molecule has 2 saturated heterocycles. The molecule has 0 spiro atoms. The molecule has 2 fully saturated rings. The monoisotopic (exact) mass is 198 g/mol. The maximum atomic E-state index is 11.8. The minimum absolute atomic E-state index is 0.215. The number of nitrogens with one attached hydrogen (secondary N) is 1. The summed E-state index contributed by atoms with van der Waals surface area (Å²) in [6.45, 7) is 1.71. The molecule has 0 saturated carbocycles. The van der Waals surface area contributed by atoms with E-state index in [0.717, 1.165) is 25.9 Å². The van der Waals surface area contributed by atoms with E-state index >= 15 is 0 Å². The zero-order valence-corrected chi connectivity index (χ0v) is 7.90. The van der Waals surface area contributed by atoms with Gasteiger partial charge in [-0.2, -0.15) is 0 Å². The lowest BCUT2D eigenvalue weighted by Gasteiger charge is -2.22. The van der Waals surface area contributed by atoms with Crippen LogP contribution in [0.4, 0.5) is 0 Å². The standard InChI is InChI=1S/C9H14N2O3/c12-8-7(9(13)14)5-10-4-6-2-1-3-11(6)8/h6-7,10H,1-5H2,(H,13,14). The van der Waals surface area contributed by atoms with E-state index in [-0.39, 0.29) is 18.5 Å². The number of carbonyl (C=O) groups is 2. The third kappa shape index (κ3) is 1.48. The lowest BCUT2D eigenvalue weighted by Crippen LogP contribution is -2.41. The number of hydrogen-bond acceptors (Lipinski definition) is 3. The Morgan fingerprint density at radius 3 is 3.00 bits per heavy atom. The fourth-order valence-corrected chi connectivity index (χ4v) is 2.21. The third-order valence-electron chi connectivity index (χ3n) is 2.98. The van der Waals surface area contributed by atoms with Crippen molar-refractivity contribution in [1.82, 2.24) is 10.2 Å². The Bertz CT molecular complexity index is 267. The Morgan fingerprint density at radius 1 is 1.50 bits per heavy atom. The number of amides is 1. The van der Waals surface area contributed by atoms with Crippen LogP contribution >= 0.6 is 0 Å². The Hall–Kier alpha value is -1.10. The van der Waals surface area contributed by atoms with Crippen LogP contribution in [0.1, 0.15) is 12.8 Å². The van der Waals surface area contributed by atoms with Crippen molar-refractivity contribution >= 4 is 11.9 Å². The van der Waals surface area contributed by atoms with Crippen molar-refractivity contribution in [1.29, 1.82) is 0 Å². The molecule has 2 aliphatic heterocycles. The molecule has 2 aliphatic rings. The number of rotatable bonds is 1. The summed E-state index contributed by atoms with van der Waals surface area (Å²) in [5.41, 5.74) is 0. The van der Waals surface area contributed by atoms with Gasteiger partial charge in [0, 0.05) is 25.7 Å². The van der Waals surface area contributed by atoms with Gasteiger partial charge < -0.3 is 15.3 Å². The van der Waals surface area contributed by atoms with Gasteiger partial charge in [-0.05, 0) is 12.8 Å². The van der Waals surface area contributed by atoms with Gasteiger partial charge in [0.25, 0.3) is 0 Å². The summed E-state index contributed by atoms with van der Waals surface area (Å²) >= 11 is 0. The first-order chi connectivity index (χ1) is 6.70. The van der Waals surface area contributed by atoms with E-state index in [0.29, 0.717) is 0 Å². The van der Waals surface area contributed by atoms with Gasteiger partial charge in [0.05, 0.1) is 0 Å². The quantitative estimate of drug-likeness (QED) is 0.546. The molecule has 5 heteroatoms. The van der Waals surface area contributed by atoms with Crippen molar-refractivity contribution in [2.75, 3.05) is 19.6 Å². The predicted octanol–water partition coefficient (Wildman–Crippen LogP) is -0.719. The largest absolute Gasteiger partial charge is 0.481 e. The Balaban J connectivity index is 2.16. The highest BCUT2D eigenvalue weighted by molar-refractivity contribution is 5.97. The normalized spacial score (nSPS) is 32.6. The topological polar surface area (TPSA) is 69.6 Å². The highest BCUT2D eigenvalue weighted by atomic mass is 16.4. The van der Waals surface area contributed by atoms with Crippen LogP contribution in [0.5, 0.6) is 0 Å². The van der Waals surface area contributed by atoms with Crippen LogP contribution in [0.3, 0.4) is 0 Å². The Kier molecular flexibility index (Phi) is 2.41. The van der Waals surface area contributed by atoms with Crippen molar-refractivity contribution in [2.45, 2.75) is 18.9 Å². The van der Waals surface area contributed by atoms with E-state index in [1.54, 1.807) is 4.90 Å². The van der Waals surface area contributed by atoms with E-state index < -0.39 is 11.9 Å². The second-order valence-electron chi connectivity index (χ2n) is 3.88. The van der Waals surface area contributed by atoms with Crippen molar-refractivity contribution < 1.29 is 14.7 Å². The number of aliphatic carboxylic acids is 1. The first kappa shape index (κ1) is 9.45. The van der Waals surface area contributed by atoms with Gasteiger partial charge in [0.2, 0.25) is 5.91 Å². The number of hydrogen-bond donors (Lipinski definition) is 2. The van der Waals surface area contributed by atoms with E-state index in [4.69, 9.17) is 5.11 Å². The third-order valence-corrected chi connectivity index (χ3v) is 2.98. The summed E-state index contributed by atoms with van der Waals surface area (Å²) in [6, 6.07) is 0.215. The average molecular weight is 198 g/mol. The van der Waals surface area contributed by atoms with Crippen molar-refractivity contribution in [3.63, 3.8) is 0 Å². The lowest BCUT2D eigenvalue weighted by atomic mass is 10.1. The molecular weight excluding hydrogens is 184 g/mol. The Morgan fingerprint density at radius 2 is 2.29 bits per heavy atom. The number of nitrogens with zero attached hydrogens (tertiary/aromatic N) is 1. The summed E-state index contributed by atoms with van der Waals surface area (Å²) in [5.74, 6) is -2.13. The Labute approximate surface area is 82.1 Å². The summed E-state index contributed by atoms with van der Waals surface area (Å²) in [5, 5.41) is 11.9. The van der Waals surface area contributed by atoms with Crippen LogP contribution in [0.25, 0.3) is 0 Å². The maximum Gasteiger partial charge on any atom is 0.317 e. The van der Waals surface area contributed by atoms with Gasteiger partial charge in [-0.3, -0.25) is 9.59 Å². The highest BCUT2D eigenvalue weighted by Crippen LogP contribution is 2.21. The zero-order valence-electron chi connectivity index (χ0n) is 7.90. The molecule has 2 N–H and O–H groups in total. The second kappa shape index (κ2) is 3.57. The average Bonchev–Trinajstić information content (AvgIpc) is 2.53. The van der Waals surface area contributed by atoms with Gasteiger partial charge in [-0.15, -0.1) is 0 Å². The lowest BCUT2D eigenvalue weighted by molar-refractivity contribution is -0.150. The fourth-order valence-electron chi connectivity index (χ4n) is 2.21. The smallest absolute Gasteiger partial charge is 0.317 e. The molecule has 5 nitrogen and oxygen atoms in total. The zero-order chi connectivity index (χ0) is 10.1. The number of carboxylic acids is 1. The molecular formula is C9H14N2O3. The molecule has 0 aromatic carbocycles. The van der Waals surface area contributed by atoms with E-state index in [9.17, 15) is 9.59 Å².